The van der Waals surface area contributed by atoms with Crippen LogP contribution in [0, 0.1) is 0 Å². The smallest absolute Gasteiger partial charge is 0.410 e. The Hall–Kier alpha value is -2.52. The van der Waals surface area contributed by atoms with Gasteiger partial charge in [0.1, 0.15) is 5.75 Å². The molecule has 4 heteroatoms. The molecule has 0 aromatic heterocycles. The van der Waals surface area contributed by atoms with Crippen LogP contribution in [0.3, 0.4) is 0 Å². The maximum atomic E-state index is 11.9. The van der Waals surface area contributed by atoms with Gasteiger partial charge in [0, 0.05) is 10.6 Å². The maximum Gasteiger partial charge on any atom is 0.413 e. The Morgan fingerprint density at radius 1 is 0.955 bits per heavy atom. The van der Waals surface area contributed by atoms with Gasteiger partial charge in [-0.05, 0) is 34.5 Å². The molecule has 3 nitrogen and oxygen atoms in total. The van der Waals surface area contributed by atoms with Gasteiger partial charge in [-0.1, -0.05) is 54.1 Å². The third-order valence-corrected chi connectivity index (χ3v) is 4.14. The van der Waals surface area contributed by atoms with Gasteiger partial charge in [-0.15, -0.1) is 0 Å². The molecular weight excluding hydrogens is 298 g/mol. The normalized spacial score (nSPS) is 16.8. The number of benzene rings is 3. The molecule has 22 heavy (non-hydrogen) atoms. The van der Waals surface area contributed by atoms with Gasteiger partial charge in [0.15, 0.2) is 0 Å². The minimum absolute atomic E-state index is 0.250. The van der Waals surface area contributed by atoms with Crippen LogP contribution in [0.2, 0.25) is 5.02 Å². The van der Waals surface area contributed by atoms with Gasteiger partial charge in [0.25, 0.3) is 0 Å². The first-order valence-electron chi connectivity index (χ1n) is 6.98. The lowest BCUT2D eigenvalue weighted by atomic mass is 9.92. The summed E-state index contributed by atoms with van der Waals surface area (Å²) in [6.07, 6.45) is -0.442. The van der Waals surface area contributed by atoms with Crippen LogP contribution in [0.5, 0.6) is 5.75 Å². The van der Waals surface area contributed by atoms with Crippen LogP contribution in [-0.2, 0) is 0 Å². The van der Waals surface area contributed by atoms with E-state index in [2.05, 4.69) is 5.32 Å². The Morgan fingerprint density at radius 3 is 2.55 bits per heavy atom. The Kier molecular flexibility index (Phi) is 3.01. The van der Waals surface area contributed by atoms with E-state index in [9.17, 15) is 4.79 Å². The molecule has 108 valence electrons. The number of hydrogen-bond donors (Lipinski definition) is 1. The highest BCUT2D eigenvalue weighted by Gasteiger charge is 2.29. The van der Waals surface area contributed by atoms with E-state index in [1.165, 1.54) is 0 Å². The van der Waals surface area contributed by atoms with E-state index in [0.29, 0.717) is 10.8 Å². The predicted octanol–water partition coefficient (Wildman–Crippen LogP) is 4.68. The minimum Gasteiger partial charge on any atom is -0.410 e. The standard InChI is InChI=1S/C18H12ClNO2/c19-13-8-5-12(6-9-13)17-16-14-4-2-1-3-11(14)7-10-15(16)22-18(21)20-17/h1-10,17H,(H,20,21). The number of nitrogens with one attached hydrogen (secondary N) is 1. The molecule has 0 saturated heterocycles. The topological polar surface area (TPSA) is 38.3 Å². The van der Waals surface area contributed by atoms with Crippen LogP contribution in [0.4, 0.5) is 4.79 Å². The first kappa shape index (κ1) is 13.2. The molecule has 3 aromatic carbocycles. The number of rotatable bonds is 1. The highest BCUT2D eigenvalue weighted by Crippen LogP contribution is 2.39. The lowest BCUT2D eigenvalue weighted by Crippen LogP contribution is -2.36. The van der Waals surface area contributed by atoms with Crippen molar-refractivity contribution in [2.24, 2.45) is 0 Å². The predicted molar refractivity (Wildman–Crippen MR) is 86.4 cm³/mol. The average molecular weight is 310 g/mol. The zero-order chi connectivity index (χ0) is 15.1. The molecule has 1 aliphatic rings. The molecule has 0 spiro atoms. The number of amides is 1. The summed E-state index contributed by atoms with van der Waals surface area (Å²) in [7, 11) is 0. The quantitative estimate of drug-likeness (QED) is 0.708. The molecule has 0 saturated carbocycles. The van der Waals surface area contributed by atoms with Gasteiger partial charge in [0.2, 0.25) is 0 Å². The van der Waals surface area contributed by atoms with Crippen molar-refractivity contribution in [1.82, 2.24) is 5.32 Å². The van der Waals surface area contributed by atoms with Crippen molar-refractivity contribution in [1.29, 1.82) is 0 Å². The molecule has 3 aromatic rings. The molecule has 4 rings (SSSR count). The second-order valence-electron chi connectivity index (χ2n) is 5.22. The van der Waals surface area contributed by atoms with Gasteiger partial charge in [-0.25, -0.2) is 4.79 Å². The fraction of sp³-hybridized carbons (Fsp3) is 0.0556. The van der Waals surface area contributed by atoms with E-state index in [0.717, 1.165) is 21.9 Å². The molecule has 1 amide bonds. The third kappa shape index (κ3) is 2.11. The van der Waals surface area contributed by atoms with Crippen LogP contribution in [0.1, 0.15) is 17.2 Å². The van der Waals surface area contributed by atoms with Crippen LogP contribution in [0.15, 0.2) is 60.7 Å². The van der Waals surface area contributed by atoms with Gasteiger partial charge in [0.05, 0.1) is 6.04 Å². The maximum absolute atomic E-state index is 11.9. The van der Waals surface area contributed by atoms with E-state index in [-0.39, 0.29) is 6.04 Å². The Labute approximate surface area is 132 Å². The van der Waals surface area contributed by atoms with Gasteiger partial charge in [-0.2, -0.15) is 0 Å². The van der Waals surface area contributed by atoms with Gasteiger partial charge in [-0.3, -0.25) is 0 Å². The van der Waals surface area contributed by atoms with Gasteiger partial charge < -0.3 is 10.1 Å². The SMILES string of the molecule is O=C1NC(c2ccc(Cl)cc2)c2c(ccc3ccccc23)O1. The molecule has 1 aliphatic heterocycles. The first-order valence-corrected chi connectivity index (χ1v) is 7.35. The zero-order valence-corrected chi connectivity index (χ0v) is 12.3. The molecule has 1 unspecified atom stereocenters. The Balaban J connectivity index is 1.97. The number of ether oxygens (including phenoxy) is 1. The molecule has 0 aliphatic carbocycles. The molecule has 1 heterocycles. The zero-order valence-electron chi connectivity index (χ0n) is 11.5. The molecule has 1 atom stereocenters. The Bertz CT molecular complexity index is 874. The van der Waals surface area contributed by atoms with Crippen molar-refractivity contribution >= 4 is 28.5 Å². The van der Waals surface area contributed by atoms with E-state index in [1.54, 1.807) is 0 Å². The van der Waals surface area contributed by atoms with Crippen molar-refractivity contribution < 1.29 is 9.53 Å². The van der Waals surface area contributed by atoms with Crippen LogP contribution >= 0.6 is 11.6 Å². The van der Waals surface area contributed by atoms with Gasteiger partial charge >= 0.3 is 6.09 Å². The molecule has 0 radical (unpaired) electrons. The van der Waals surface area contributed by atoms with Crippen LogP contribution in [-0.4, -0.2) is 6.09 Å². The largest absolute Gasteiger partial charge is 0.413 e. The molecule has 1 N–H and O–H groups in total. The number of carbonyl (C=O) groups excluding carboxylic acids is 1. The first-order chi connectivity index (χ1) is 10.7. The fourth-order valence-electron chi connectivity index (χ4n) is 2.89. The average Bonchev–Trinajstić information content (AvgIpc) is 2.54. The summed E-state index contributed by atoms with van der Waals surface area (Å²) >= 11 is 5.96. The van der Waals surface area contributed by atoms with Crippen molar-refractivity contribution in [2.75, 3.05) is 0 Å². The van der Waals surface area contributed by atoms with Crippen LogP contribution < -0.4 is 10.1 Å². The van der Waals surface area contributed by atoms with E-state index < -0.39 is 6.09 Å². The van der Waals surface area contributed by atoms with Crippen molar-refractivity contribution in [2.45, 2.75) is 6.04 Å². The summed E-state index contributed by atoms with van der Waals surface area (Å²) in [5, 5.41) is 5.74. The van der Waals surface area contributed by atoms with Crippen molar-refractivity contribution in [3.05, 3.63) is 76.8 Å². The summed E-state index contributed by atoms with van der Waals surface area (Å²) in [6.45, 7) is 0. The second-order valence-corrected chi connectivity index (χ2v) is 5.65. The van der Waals surface area contributed by atoms with Crippen molar-refractivity contribution in [3.63, 3.8) is 0 Å². The lowest BCUT2D eigenvalue weighted by Gasteiger charge is -2.27. The second kappa shape index (κ2) is 5.04. The highest BCUT2D eigenvalue weighted by molar-refractivity contribution is 6.30. The number of fused-ring (bicyclic) bond motifs is 3. The highest BCUT2D eigenvalue weighted by atomic mass is 35.5. The molecular formula is C18H12ClNO2. The lowest BCUT2D eigenvalue weighted by molar-refractivity contribution is 0.191. The number of halogens is 1. The summed E-state index contributed by atoms with van der Waals surface area (Å²) < 4.78 is 5.34. The minimum atomic E-state index is -0.442. The fourth-order valence-corrected chi connectivity index (χ4v) is 3.01. The summed E-state index contributed by atoms with van der Waals surface area (Å²) in [6, 6.07) is 19.1. The monoisotopic (exact) mass is 309 g/mol. The van der Waals surface area contributed by atoms with Crippen LogP contribution in [0.25, 0.3) is 10.8 Å². The van der Waals surface area contributed by atoms with E-state index in [1.807, 2.05) is 60.7 Å². The molecule has 0 bridgehead atoms. The third-order valence-electron chi connectivity index (χ3n) is 3.89. The molecule has 0 fully saturated rings. The van der Waals surface area contributed by atoms with E-state index >= 15 is 0 Å². The van der Waals surface area contributed by atoms with Crippen molar-refractivity contribution in [3.8, 4) is 5.75 Å². The van der Waals surface area contributed by atoms with E-state index in [4.69, 9.17) is 16.3 Å². The summed E-state index contributed by atoms with van der Waals surface area (Å²) in [5.74, 6) is 0.599. The number of carbonyl (C=O) groups is 1. The summed E-state index contributed by atoms with van der Waals surface area (Å²) in [4.78, 5) is 11.9. The summed E-state index contributed by atoms with van der Waals surface area (Å²) in [5.41, 5.74) is 1.94. The number of hydrogen-bond acceptors (Lipinski definition) is 2. The Morgan fingerprint density at radius 2 is 1.73 bits per heavy atom.